The smallest absolute Gasteiger partial charge is 0.247 e. The van der Waals surface area contributed by atoms with Gasteiger partial charge in [-0.1, -0.05) is 13.0 Å². The number of rotatable bonds is 8. The molecule has 6 nitrogen and oxygen atoms in total. The van der Waals surface area contributed by atoms with Gasteiger partial charge in [-0.2, -0.15) is 9.40 Å². The largest absolute Gasteiger partial charge is 0.329 e. The maximum absolute atomic E-state index is 12.8. The third-order valence-corrected chi connectivity index (χ3v) is 5.18. The molecule has 0 aliphatic rings. The van der Waals surface area contributed by atoms with Gasteiger partial charge in [0.05, 0.1) is 17.9 Å². The average molecular weight is 300 g/mol. The molecule has 0 spiro atoms. The Hall–Kier alpha value is -1.18. The van der Waals surface area contributed by atoms with E-state index < -0.39 is 10.0 Å². The number of nitrogens with two attached hydrogens (primary N) is 1. The first-order chi connectivity index (χ1) is 9.39. The molecule has 0 aliphatic heterocycles. The van der Waals surface area contributed by atoms with Crippen LogP contribution < -0.4 is 5.73 Å². The molecule has 1 aromatic heterocycles. The lowest BCUT2D eigenvalue weighted by Crippen LogP contribution is -2.32. The first-order valence-corrected chi connectivity index (χ1v) is 8.19. The topological polar surface area (TPSA) is 81.2 Å². The van der Waals surface area contributed by atoms with E-state index in [-0.39, 0.29) is 0 Å². The molecule has 0 radical (unpaired) electrons. The Labute approximate surface area is 121 Å². The van der Waals surface area contributed by atoms with Gasteiger partial charge in [-0.15, -0.1) is 6.58 Å². The van der Waals surface area contributed by atoms with Crippen LogP contribution in [-0.4, -0.2) is 42.1 Å². The van der Waals surface area contributed by atoms with Crippen LogP contribution in [0.15, 0.2) is 17.6 Å². The van der Waals surface area contributed by atoms with Crippen molar-refractivity contribution in [1.29, 1.82) is 0 Å². The van der Waals surface area contributed by atoms with Crippen molar-refractivity contribution in [3.63, 3.8) is 0 Å². The van der Waals surface area contributed by atoms with Crippen LogP contribution >= 0.6 is 0 Å². The molecule has 1 rings (SSSR count). The minimum Gasteiger partial charge on any atom is -0.329 e. The van der Waals surface area contributed by atoms with Crippen molar-refractivity contribution in [3.8, 4) is 0 Å². The SMILES string of the molecule is C=CCN(CCC)S(=O)(=O)c1c(C)nn(CCN)c1C. The summed E-state index contributed by atoms with van der Waals surface area (Å²) in [6.45, 7) is 10.8. The van der Waals surface area contributed by atoms with Crippen LogP contribution in [0.25, 0.3) is 0 Å². The molecule has 0 atom stereocenters. The van der Waals surface area contributed by atoms with E-state index in [1.165, 1.54) is 4.31 Å². The molecule has 0 fully saturated rings. The quantitative estimate of drug-likeness (QED) is 0.727. The molecular formula is C13H24N4O2S. The molecule has 2 N–H and O–H groups in total. The van der Waals surface area contributed by atoms with Gasteiger partial charge >= 0.3 is 0 Å². The number of hydrogen-bond donors (Lipinski definition) is 1. The molecule has 20 heavy (non-hydrogen) atoms. The van der Waals surface area contributed by atoms with E-state index in [1.807, 2.05) is 6.92 Å². The second-order valence-electron chi connectivity index (χ2n) is 4.66. The molecule has 0 aromatic carbocycles. The van der Waals surface area contributed by atoms with Gasteiger partial charge in [0, 0.05) is 19.6 Å². The molecule has 0 saturated carbocycles. The predicted octanol–water partition coefficient (Wildman–Crippen LogP) is 1.05. The highest BCUT2D eigenvalue weighted by atomic mass is 32.2. The van der Waals surface area contributed by atoms with Gasteiger partial charge in [-0.05, 0) is 20.3 Å². The molecule has 0 aliphatic carbocycles. The zero-order valence-electron chi connectivity index (χ0n) is 12.5. The highest BCUT2D eigenvalue weighted by molar-refractivity contribution is 7.89. The Bertz CT molecular complexity index is 563. The zero-order valence-corrected chi connectivity index (χ0v) is 13.3. The number of nitrogens with zero attached hydrogens (tertiary/aromatic N) is 3. The van der Waals surface area contributed by atoms with Crippen LogP contribution in [0.2, 0.25) is 0 Å². The molecule has 0 unspecified atom stereocenters. The molecule has 114 valence electrons. The van der Waals surface area contributed by atoms with E-state index in [4.69, 9.17) is 5.73 Å². The Morgan fingerprint density at radius 2 is 2.10 bits per heavy atom. The van der Waals surface area contributed by atoms with Gasteiger partial charge in [0.25, 0.3) is 0 Å². The number of aryl methyl sites for hydroxylation is 1. The second-order valence-corrected chi connectivity index (χ2v) is 6.54. The van der Waals surface area contributed by atoms with Crippen molar-refractivity contribution in [2.24, 2.45) is 5.73 Å². The monoisotopic (exact) mass is 300 g/mol. The average Bonchev–Trinajstić information content (AvgIpc) is 2.65. The Balaban J connectivity index is 3.29. The van der Waals surface area contributed by atoms with E-state index in [9.17, 15) is 8.42 Å². The van der Waals surface area contributed by atoms with Gasteiger partial charge in [0.1, 0.15) is 4.90 Å². The van der Waals surface area contributed by atoms with Crippen molar-refractivity contribution in [2.45, 2.75) is 38.6 Å². The Morgan fingerprint density at radius 3 is 2.60 bits per heavy atom. The van der Waals surface area contributed by atoms with E-state index in [2.05, 4.69) is 11.7 Å². The van der Waals surface area contributed by atoms with Crippen LogP contribution in [0.3, 0.4) is 0 Å². The van der Waals surface area contributed by atoms with Crippen LogP contribution in [0.4, 0.5) is 0 Å². The summed E-state index contributed by atoms with van der Waals surface area (Å²) >= 11 is 0. The number of aromatic nitrogens is 2. The predicted molar refractivity (Wildman–Crippen MR) is 80.0 cm³/mol. The van der Waals surface area contributed by atoms with Gasteiger partial charge in [-0.3, -0.25) is 4.68 Å². The van der Waals surface area contributed by atoms with Gasteiger partial charge in [-0.25, -0.2) is 8.42 Å². The Morgan fingerprint density at radius 1 is 1.45 bits per heavy atom. The normalized spacial score (nSPS) is 12.1. The lowest BCUT2D eigenvalue weighted by Gasteiger charge is -2.20. The third-order valence-electron chi connectivity index (χ3n) is 3.06. The molecule has 1 aromatic rings. The summed E-state index contributed by atoms with van der Waals surface area (Å²) in [5, 5.41) is 4.27. The summed E-state index contributed by atoms with van der Waals surface area (Å²) < 4.78 is 28.6. The van der Waals surface area contributed by atoms with E-state index in [1.54, 1.807) is 24.6 Å². The van der Waals surface area contributed by atoms with Crippen molar-refractivity contribution in [1.82, 2.24) is 14.1 Å². The molecule has 0 amide bonds. The minimum absolute atomic E-state index is 0.293. The van der Waals surface area contributed by atoms with Gasteiger partial charge in [0.15, 0.2) is 0 Å². The first kappa shape index (κ1) is 16.9. The summed E-state index contributed by atoms with van der Waals surface area (Å²) in [5.74, 6) is 0. The summed E-state index contributed by atoms with van der Waals surface area (Å²) in [5.41, 5.74) is 6.67. The van der Waals surface area contributed by atoms with Crippen molar-refractivity contribution >= 4 is 10.0 Å². The third kappa shape index (κ3) is 3.28. The summed E-state index contributed by atoms with van der Waals surface area (Å²) in [6.07, 6.45) is 2.35. The second kappa shape index (κ2) is 7.01. The standard InChI is InChI=1S/C13H24N4O2S/c1-5-8-16(9-6-2)20(18,19)13-11(3)15-17(10-7-14)12(13)4/h5H,1,6-10,14H2,2-4H3. The van der Waals surface area contributed by atoms with Crippen LogP contribution in [0, 0.1) is 13.8 Å². The van der Waals surface area contributed by atoms with E-state index in [0.717, 1.165) is 6.42 Å². The van der Waals surface area contributed by atoms with Crippen molar-refractivity contribution in [3.05, 3.63) is 24.0 Å². The van der Waals surface area contributed by atoms with E-state index >= 15 is 0 Å². The lowest BCUT2D eigenvalue weighted by atomic mass is 10.4. The lowest BCUT2D eigenvalue weighted by molar-refractivity contribution is 0.440. The molecular weight excluding hydrogens is 276 g/mol. The Kier molecular flexibility index (Phi) is 5.91. The van der Waals surface area contributed by atoms with Crippen LogP contribution in [0.1, 0.15) is 24.7 Å². The van der Waals surface area contributed by atoms with Crippen molar-refractivity contribution < 1.29 is 8.42 Å². The summed E-state index contributed by atoms with van der Waals surface area (Å²) in [4.78, 5) is 0.293. The van der Waals surface area contributed by atoms with Gasteiger partial charge < -0.3 is 5.73 Å². The van der Waals surface area contributed by atoms with Crippen LogP contribution in [0.5, 0.6) is 0 Å². The summed E-state index contributed by atoms with van der Waals surface area (Å²) in [6, 6.07) is 0. The summed E-state index contributed by atoms with van der Waals surface area (Å²) in [7, 11) is -3.55. The van der Waals surface area contributed by atoms with Crippen molar-refractivity contribution in [2.75, 3.05) is 19.6 Å². The fraction of sp³-hybridized carbons (Fsp3) is 0.615. The molecule has 1 heterocycles. The fourth-order valence-corrected chi connectivity index (χ4v) is 4.10. The number of sulfonamides is 1. The minimum atomic E-state index is -3.55. The van der Waals surface area contributed by atoms with E-state index in [0.29, 0.717) is 42.5 Å². The maximum Gasteiger partial charge on any atom is 0.247 e. The van der Waals surface area contributed by atoms with Crippen LogP contribution in [-0.2, 0) is 16.6 Å². The first-order valence-electron chi connectivity index (χ1n) is 6.75. The number of hydrogen-bond acceptors (Lipinski definition) is 4. The molecule has 0 bridgehead atoms. The van der Waals surface area contributed by atoms with Gasteiger partial charge in [0.2, 0.25) is 10.0 Å². The molecule has 7 heteroatoms. The zero-order chi connectivity index (χ0) is 15.3. The highest BCUT2D eigenvalue weighted by Crippen LogP contribution is 2.23. The fourth-order valence-electron chi connectivity index (χ4n) is 2.23. The molecule has 0 saturated heterocycles. The maximum atomic E-state index is 12.8. The highest BCUT2D eigenvalue weighted by Gasteiger charge is 2.29.